The van der Waals surface area contributed by atoms with E-state index < -0.39 is 6.10 Å². The first-order chi connectivity index (χ1) is 39.0. The molecule has 0 aromatic heterocycles. The first-order valence-electron chi connectivity index (χ1n) is 34.8. The van der Waals surface area contributed by atoms with Crippen LogP contribution in [0.5, 0.6) is 0 Å². The van der Waals surface area contributed by atoms with Crippen LogP contribution in [0, 0.1) is 0 Å². The van der Waals surface area contributed by atoms with Gasteiger partial charge in [-0.3, -0.25) is 14.4 Å². The number of rotatable bonds is 64. The molecule has 0 aliphatic carbocycles. The first-order valence-corrected chi connectivity index (χ1v) is 34.8. The van der Waals surface area contributed by atoms with Gasteiger partial charge in [0.2, 0.25) is 0 Å². The molecule has 0 N–H and O–H groups in total. The van der Waals surface area contributed by atoms with Crippen LogP contribution in [0.4, 0.5) is 0 Å². The fourth-order valence-corrected chi connectivity index (χ4v) is 10.4. The van der Waals surface area contributed by atoms with Gasteiger partial charge in [0.05, 0.1) is 0 Å². The van der Waals surface area contributed by atoms with E-state index in [4.69, 9.17) is 14.2 Å². The Bertz CT molecular complexity index is 1410. The van der Waals surface area contributed by atoms with Crippen molar-refractivity contribution < 1.29 is 28.6 Å². The smallest absolute Gasteiger partial charge is 0.306 e. The molecule has 6 nitrogen and oxygen atoms in total. The highest BCUT2D eigenvalue weighted by atomic mass is 16.6. The Balaban J connectivity index is 4.09. The summed E-state index contributed by atoms with van der Waals surface area (Å²) in [7, 11) is 0. The Hall–Kier alpha value is -2.89. The molecule has 0 spiro atoms. The predicted molar refractivity (Wildman–Crippen MR) is 344 cm³/mol. The van der Waals surface area contributed by atoms with Gasteiger partial charge in [-0.25, -0.2) is 0 Å². The standard InChI is InChI=1S/C73H132O6/c1-4-7-10-13-16-19-21-23-25-27-29-31-33-35-36-37-38-39-41-42-44-46-48-50-52-54-57-60-63-66-72(75)78-69-70(68-77-71(74)65-62-59-56-18-15-12-9-6-3)79-73(76)67-64-61-58-55-53-51-49-47-45-43-40-34-32-30-28-26-24-22-20-17-14-11-8-5-2/h7,10,16,19,23,25,29,31,35-36,70H,4-6,8-9,11-15,17-18,20-22,24,26-28,30,32-34,37-69H2,1-3H3/b10-7-,19-16-,25-23-,31-29-,36-35-. The van der Waals surface area contributed by atoms with Crippen LogP contribution in [0.1, 0.15) is 367 Å². The predicted octanol–water partition coefficient (Wildman–Crippen LogP) is 23.9. The van der Waals surface area contributed by atoms with Crippen LogP contribution >= 0.6 is 0 Å². The Morgan fingerprint density at radius 3 is 0.772 bits per heavy atom. The molecule has 1 atom stereocenters. The van der Waals surface area contributed by atoms with E-state index in [9.17, 15) is 14.4 Å². The molecule has 1 unspecified atom stereocenters. The zero-order valence-corrected chi connectivity index (χ0v) is 52.9. The summed E-state index contributed by atoms with van der Waals surface area (Å²) < 4.78 is 16.9. The average molecular weight is 1110 g/mol. The lowest BCUT2D eigenvalue weighted by molar-refractivity contribution is -0.167. The van der Waals surface area contributed by atoms with Gasteiger partial charge in [-0.2, -0.15) is 0 Å². The van der Waals surface area contributed by atoms with Crippen molar-refractivity contribution in [1.29, 1.82) is 0 Å². The number of allylic oxidation sites excluding steroid dienone is 10. The van der Waals surface area contributed by atoms with Gasteiger partial charge in [-0.1, -0.05) is 345 Å². The van der Waals surface area contributed by atoms with Gasteiger partial charge in [0.1, 0.15) is 13.2 Å². The number of carbonyl (C=O) groups excluding carboxylic acids is 3. The van der Waals surface area contributed by atoms with E-state index in [1.807, 2.05) is 0 Å². The molecule has 0 aromatic carbocycles. The summed E-state index contributed by atoms with van der Waals surface area (Å²) in [6.45, 7) is 6.56. The van der Waals surface area contributed by atoms with Crippen molar-refractivity contribution in [2.45, 2.75) is 374 Å². The lowest BCUT2D eigenvalue weighted by Gasteiger charge is -2.18. The number of hydrogen-bond donors (Lipinski definition) is 0. The van der Waals surface area contributed by atoms with Gasteiger partial charge in [-0.05, 0) is 64.2 Å². The van der Waals surface area contributed by atoms with E-state index in [2.05, 4.69) is 81.5 Å². The fourth-order valence-electron chi connectivity index (χ4n) is 10.4. The minimum atomic E-state index is -0.770. The quantitative estimate of drug-likeness (QED) is 0.0261. The molecular weight excluding hydrogens is 973 g/mol. The molecule has 0 bridgehead atoms. The second-order valence-electron chi connectivity index (χ2n) is 23.4. The monoisotopic (exact) mass is 1110 g/mol. The molecule has 0 saturated carbocycles. The zero-order chi connectivity index (χ0) is 57.1. The van der Waals surface area contributed by atoms with Crippen LogP contribution in [-0.2, 0) is 28.6 Å². The Kier molecular flexibility index (Phi) is 65.1. The molecule has 0 aromatic rings. The van der Waals surface area contributed by atoms with Crippen molar-refractivity contribution in [3.05, 3.63) is 60.8 Å². The molecule has 0 radical (unpaired) electrons. The first kappa shape index (κ1) is 76.1. The third-order valence-corrected chi connectivity index (χ3v) is 15.5. The van der Waals surface area contributed by atoms with E-state index in [-0.39, 0.29) is 31.1 Å². The molecular formula is C73H132O6. The van der Waals surface area contributed by atoms with Crippen LogP contribution < -0.4 is 0 Å². The van der Waals surface area contributed by atoms with Crippen molar-refractivity contribution in [3.8, 4) is 0 Å². The summed E-state index contributed by atoms with van der Waals surface area (Å²) in [5.74, 6) is -0.851. The Morgan fingerprint density at radius 1 is 0.266 bits per heavy atom. The van der Waals surface area contributed by atoms with Crippen molar-refractivity contribution >= 4 is 17.9 Å². The summed E-state index contributed by atoms with van der Waals surface area (Å²) in [5.41, 5.74) is 0. The molecule has 460 valence electrons. The van der Waals surface area contributed by atoms with E-state index in [0.29, 0.717) is 19.3 Å². The minimum Gasteiger partial charge on any atom is -0.462 e. The molecule has 0 saturated heterocycles. The van der Waals surface area contributed by atoms with Gasteiger partial charge in [0, 0.05) is 19.3 Å². The van der Waals surface area contributed by atoms with E-state index in [1.54, 1.807) is 0 Å². The fraction of sp³-hybridized carbons (Fsp3) is 0.822. The highest BCUT2D eigenvalue weighted by molar-refractivity contribution is 5.71. The van der Waals surface area contributed by atoms with Gasteiger partial charge in [0.15, 0.2) is 6.10 Å². The normalized spacial score (nSPS) is 12.4. The van der Waals surface area contributed by atoms with Gasteiger partial charge in [-0.15, -0.1) is 0 Å². The van der Waals surface area contributed by atoms with Gasteiger partial charge >= 0.3 is 17.9 Å². The SMILES string of the molecule is CC/C=C\C/C=C\C/C=C\C/C=C\C/C=C\CCCCCCCCCCCCCCCC(=O)OCC(COC(=O)CCCCCCCCCC)OC(=O)CCCCCCCCCCCCCCCCCCCCCCCCCC. The minimum absolute atomic E-state index is 0.0687. The molecule has 0 fully saturated rings. The van der Waals surface area contributed by atoms with Crippen molar-refractivity contribution in [3.63, 3.8) is 0 Å². The second-order valence-corrected chi connectivity index (χ2v) is 23.4. The largest absolute Gasteiger partial charge is 0.462 e. The summed E-state index contributed by atoms with van der Waals surface area (Å²) in [4.78, 5) is 38.2. The maximum absolute atomic E-state index is 12.9. The maximum Gasteiger partial charge on any atom is 0.306 e. The van der Waals surface area contributed by atoms with Crippen LogP contribution in [-0.4, -0.2) is 37.2 Å². The average Bonchev–Trinajstić information content (AvgIpc) is 3.45. The van der Waals surface area contributed by atoms with Crippen LogP contribution in [0.25, 0.3) is 0 Å². The van der Waals surface area contributed by atoms with Crippen LogP contribution in [0.15, 0.2) is 60.8 Å². The Morgan fingerprint density at radius 2 is 0.494 bits per heavy atom. The lowest BCUT2D eigenvalue weighted by Crippen LogP contribution is -2.30. The molecule has 79 heavy (non-hydrogen) atoms. The highest BCUT2D eigenvalue weighted by Crippen LogP contribution is 2.18. The Labute approximate surface area is 491 Å². The third-order valence-electron chi connectivity index (χ3n) is 15.5. The number of unbranched alkanes of at least 4 members (excludes halogenated alkanes) is 43. The van der Waals surface area contributed by atoms with Gasteiger partial charge < -0.3 is 14.2 Å². The van der Waals surface area contributed by atoms with Crippen molar-refractivity contribution in [1.82, 2.24) is 0 Å². The summed E-state index contributed by atoms with van der Waals surface area (Å²) in [5, 5.41) is 0. The summed E-state index contributed by atoms with van der Waals surface area (Å²) in [6.07, 6.45) is 87.0. The van der Waals surface area contributed by atoms with E-state index >= 15 is 0 Å². The van der Waals surface area contributed by atoms with Crippen LogP contribution in [0.3, 0.4) is 0 Å². The van der Waals surface area contributed by atoms with Crippen molar-refractivity contribution in [2.24, 2.45) is 0 Å². The van der Waals surface area contributed by atoms with Crippen LogP contribution in [0.2, 0.25) is 0 Å². The van der Waals surface area contributed by atoms with E-state index in [0.717, 1.165) is 89.9 Å². The molecule has 0 aliphatic rings. The molecule has 6 heteroatoms. The number of esters is 3. The number of ether oxygens (including phenoxy) is 3. The van der Waals surface area contributed by atoms with Crippen molar-refractivity contribution in [2.75, 3.05) is 13.2 Å². The van der Waals surface area contributed by atoms with E-state index in [1.165, 1.54) is 238 Å². The number of carbonyl (C=O) groups is 3. The highest BCUT2D eigenvalue weighted by Gasteiger charge is 2.19. The summed E-state index contributed by atoms with van der Waals surface area (Å²) >= 11 is 0. The topological polar surface area (TPSA) is 78.9 Å². The third kappa shape index (κ3) is 65.8. The maximum atomic E-state index is 12.9. The lowest BCUT2D eigenvalue weighted by atomic mass is 10.0. The van der Waals surface area contributed by atoms with Gasteiger partial charge in [0.25, 0.3) is 0 Å². The number of hydrogen-bond acceptors (Lipinski definition) is 6. The molecule has 0 heterocycles. The summed E-state index contributed by atoms with van der Waals surface area (Å²) in [6, 6.07) is 0. The zero-order valence-electron chi connectivity index (χ0n) is 52.9. The molecule has 0 amide bonds. The molecule has 0 rings (SSSR count). The second kappa shape index (κ2) is 67.6. The molecule has 0 aliphatic heterocycles.